The van der Waals surface area contributed by atoms with Crippen molar-refractivity contribution in [2.24, 2.45) is 0 Å². The van der Waals surface area contributed by atoms with E-state index in [1.54, 1.807) is 12.1 Å². The van der Waals surface area contributed by atoms with Crippen molar-refractivity contribution < 1.29 is 5.11 Å². The number of rotatable bonds is 7. The van der Waals surface area contributed by atoms with Gasteiger partial charge in [0.05, 0.1) is 18.2 Å². The van der Waals surface area contributed by atoms with Gasteiger partial charge in [-0.05, 0) is 30.8 Å². The number of benzene rings is 1. The Balaban J connectivity index is 2.32. The maximum atomic E-state index is 8.85. The molecule has 0 aliphatic rings. The first-order valence-corrected chi connectivity index (χ1v) is 5.87. The van der Waals surface area contributed by atoms with Gasteiger partial charge in [0, 0.05) is 25.3 Å². The molecule has 17 heavy (non-hydrogen) atoms. The second kappa shape index (κ2) is 7.66. The molecule has 0 aromatic heterocycles. The van der Waals surface area contributed by atoms with Gasteiger partial charge in [-0.3, -0.25) is 4.90 Å². The fraction of sp³-hybridized carbons (Fsp3) is 0.462. The molecule has 4 heteroatoms. The van der Waals surface area contributed by atoms with Gasteiger partial charge in [-0.2, -0.15) is 5.26 Å². The molecule has 0 spiro atoms. The minimum absolute atomic E-state index is 0.199. The van der Waals surface area contributed by atoms with Gasteiger partial charge in [-0.25, -0.2) is 0 Å². The van der Waals surface area contributed by atoms with Crippen molar-refractivity contribution in [3.05, 3.63) is 29.8 Å². The van der Waals surface area contributed by atoms with Crippen LogP contribution in [0.25, 0.3) is 0 Å². The minimum atomic E-state index is 0.199. The predicted molar refractivity (Wildman–Crippen MR) is 68.8 cm³/mol. The van der Waals surface area contributed by atoms with Gasteiger partial charge in [-0.15, -0.1) is 0 Å². The van der Waals surface area contributed by atoms with Crippen LogP contribution in [0.3, 0.4) is 0 Å². The standard InChI is InChI=1S/C13H19N3O/c1-2-16(9-10-17)8-7-15-13-5-3-12(11-14)4-6-13/h3-6,15,17H,2,7-10H2,1H3. The third-order valence-electron chi connectivity index (χ3n) is 2.63. The second-order valence-electron chi connectivity index (χ2n) is 3.77. The second-order valence-corrected chi connectivity index (χ2v) is 3.77. The molecule has 0 saturated carbocycles. The summed E-state index contributed by atoms with van der Waals surface area (Å²) >= 11 is 0. The van der Waals surface area contributed by atoms with Crippen LogP contribution >= 0.6 is 0 Å². The number of nitrogens with zero attached hydrogens (tertiary/aromatic N) is 2. The number of likely N-dealkylation sites (N-methyl/N-ethyl adjacent to an activating group) is 1. The number of nitrogens with one attached hydrogen (secondary N) is 1. The normalized spacial score (nSPS) is 10.2. The van der Waals surface area contributed by atoms with Crippen LogP contribution in [-0.4, -0.2) is 42.8 Å². The largest absolute Gasteiger partial charge is 0.395 e. The van der Waals surface area contributed by atoms with Crippen LogP contribution in [-0.2, 0) is 0 Å². The molecule has 0 saturated heterocycles. The predicted octanol–water partition coefficient (Wildman–Crippen LogP) is 1.28. The third kappa shape index (κ3) is 4.85. The number of aliphatic hydroxyl groups excluding tert-OH is 1. The van der Waals surface area contributed by atoms with E-state index in [2.05, 4.69) is 23.2 Å². The van der Waals surface area contributed by atoms with Gasteiger partial charge in [0.2, 0.25) is 0 Å². The molecule has 0 radical (unpaired) electrons. The summed E-state index contributed by atoms with van der Waals surface area (Å²) < 4.78 is 0. The zero-order valence-corrected chi connectivity index (χ0v) is 10.2. The van der Waals surface area contributed by atoms with E-state index >= 15 is 0 Å². The van der Waals surface area contributed by atoms with E-state index in [-0.39, 0.29) is 6.61 Å². The lowest BCUT2D eigenvalue weighted by Crippen LogP contribution is -2.31. The van der Waals surface area contributed by atoms with Crippen molar-refractivity contribution in [3.63, 3.8) is 0 Å². The van der Waals surface area contributed by atoms with E-state index < -0.39 is 0 Å². The van der Waals surface area contributed by atoms with E-state index in [0.29, 0.717) is 12.1 Å². The van der Waals surface area contributed by atoms with Gasteiger partial charge >= 0.3 is 0 Å². The van der Waals surface area contributed by atoms with Crippen LogP contribution in [0.1, 0.15) is 12.5 Å². The summed E-state index contributed by atoms with van der Waals surface area (Å²) in [5, 5.41) is 20.8. The van der Waals surface area contributed by atoms with Crippen molar-refractivity contribution in [2.75, 3.05) is 38.1 Å². The monoisotopic (exact) mass is 233 g/mol. The zero-order valence-electron chi connectivity index (χ0n) is 10.2. The molecule has 0 bridgehead atoms. The maximum Gasteiger partial charge on any atom is 0.0991 e. The molecule has 1 aromatic carbocycles. The van der Waals surface area contributed by atoms with Crippen molar-refractivity contribution in [1.82, 2.24) is 4.90 Å². The van der Waals surface area contributed by atoms with Gasteiger partial charge in [0.25, 0.3) is 0 Å². The summed E-state index contributed by atoms with van der Waals surface area (Å²) in [6.45, 7) is 5.67. The Kier molecular flexibility index (Phi) is 6.08. The van der Waals surface area contributed by atoms with Crippen molar-refractivity contribution >= 4 is 5.69 Å². The number of aliphatic hydroxyl groups is 1. The summed E-state index contributed by atoms with van der Waals surface area (Å²) in [6, 6.07) is 9.50. The molecular weight excluding hydrogens is 214 g/mol. The van der Waals surface area contributed by atoms with Gasteiger partial charge < -0.3 is 10.4 Å². The van der Waals surface area contributed by atoms with Crippen molar-refractivity contribution in [1.29, 1.82) is 5.26 Å². The van der Waals surface area contributed by atoms with Crippen LogP contribution in [0, 0.1) is 11.3 Å². The van der Waals surface area contributed by atoms with Gasteiger partial charge in [-0.1, -0.05) is 6.92 Å². The molecular formula is C13H19N3O. The van der Waals surface area contributed by atoms with E-state index in [1.807, 2.05) is 12.1 Å². The topological polar surface area (TPSA) is 59.3 Å². The molecule has 0 fully saturated rings. The highest BCUT2D eigenvalue weighted by Crippen LogP contribution is 2.08. The lowest BCUT2D eigenvalue weighted by Gasteiger charge is -2.19. The first-order chi connectivity index (χ1) is 8.30. The van der Waals surface area contributed by atoms with Crippen LogP contribution in [0.2, 0.25) is 0 Å². The number of hydrogen-bond acceptors (Lipinski definition) is 4. The smallest absolute Gasteiger partial charge is 0.0991 e. The molecule has 1 rings (SSSR count). The van der Waals surface area contributed by atoms with E-state index in [1.165, 1.54) is 0 Å². The van der Waals surface area contributed by atoms with E-state index in [4.69, 9.17) is 10.4 Å². The zero-order chi connectivity index (χ0) is 12.5. The molecule has 4 nitrogen and oxygen atoms in total. The molecule has 92 valence electrons. The summed E-state index contributed by atoms with van der Waals surface area (Å²) in [4.78, 5) is 2.18. The Morgan fingerprint density at radius 2 is 2.00 bits per heavy atom. The quantitative estimate of drug-likeness (QED) is 0.745. The Labute approximate surface area is 102 Å². The number of anilines is 1. The fourth-order valence-electron chi connectivity index (χ4n) is 1.59. The summed E-state index contributed by atoms with van der Waals surface area (Å²) in [6.07, 6.45) is 0. The van der Waals surface area contributed by atoms with E-state index in [0.717, 1.165) is 25.3 Å². The molecule has 2 N–H and O–H groups in total. The molecule has 0 aliphatic heterocycles. The first-order valence-electron chi connectivity index (χ1n) is 5.87. The average Bonchev–Trinajstić information content (AvgIpc) is 2.38. The van der Waals surface area contributed by atoms with Gasteiger partial charge in [0.1, 0.15) is 0 Å². The van der Waals surface area contributed by atoms with Crippen LogP contribution in [0.4, 0.5) is 5.69 Å². The molecule has 0 heterocycles. The Morgan fingerprint density at radius 1 is 1.29 bits per heavy atom. The highest BCUT2D eigenvalue weighted by Gasteiger charge is 2.00. The molecule has 1 aromatic rings. The number of hydrogen-bond donors (Lipinski definition) is 2. The molecule has 0 amide bonds. The summed E-state index contributed by atoms with van der Waals surface area (Å²) in [7, 11) is 0. The van der Waals surface area contributed by atoms with Crippen LogP contribution < -0.4 is 5.32 Å². The lowest BCUT2D eigenvalue weighted by molar-refractivity contribution is 0.206. The van der Waals surface area contributed by atoms with Crippen LogP contribution in [0.15, 0.2) is 24.3 Å². The van der Waals surface area contributed by atoms with Crippen LogP contribution in [0.5, 0.6) is 0 Å². The highest BCUT2D eigenvalue weighted by molar-refractivity contribution is 5.47. The van der Waals surface area contributed by atoms with E-state index in [9.17, 15) is 0 Å². The molecule has 0 atom stereocenters. The Hall–Kier alpha value is -1.57. The average molecular weight is 233 g/mol. The molecule has 0 unspecified atom stereocenters. The third-order valence-corrected chi connectivity index (χ3v) is 2.63. The Bertz CT molecular complexity index is 356. The first kappa shape index (κ1) is 13.5. The summed E-state index contributed by atoms with van der Waals surface area (Å²) in [5.74, 6) is 0. The fourth-order valence-corrected chi connectivity index (χ4v) is 1.59. The lowest BCUT2D eigenvalue weighted by atomic mass is 10.2. The minimum Gasteiger partial charge on any atom is -0.395 e. The highest BCUT2D eigenvalue weighted by atomic mass is 16.3. The Morgan fingerprint density at radius 3 is 2.53 bits per heavy atom. The van der Waals surface area contributed by atoms with Crippen molar-refractivity contribution in [3.8, 4) is 6.07 Å². The maximum absolute atomic E-state index is 8.85. The summed E-state index contributed by atoms with van der Waals surface area (Å²) in [5.41, 5.74) is 1.69. The van der Waals surface area contributed by atoms with Gasteiger partial charge in [0.15, 0.2) is 0 Å². The number of nitriles is 1. The molecule has 0 aliphatic carbocycles. The van der Waals surface area contributed by atoms with Crippen molar-refractivity contribution in [2.45, 2.75) is 6.92 Å². The SMILES string of the molecule is CCN(CCO)CCNc1ccc(C#N)cc1.